The first-order valence-electron chi connectivity index (χ1n) is 5.92. The second-order valence-electron chi connectivity index (χ2n) is 5.76. The molecule has 0 N–H and O–H groups in total. The van der Waals surface area contributed by atoms with Crippen LogP contribution in [0.3, 0.4) is 0 Å². The van der Waals surface area contributed by atoms with Crippen LogP contribution in [0.2, 0.25) is 0 Å². The van der Waals surface area contributed by atoms with Gasteiger partial charge in [-0.3, -0.25) is 4.31 Å². The van der Waals surface area contributed by atoms with Gasteiger partial charge in [-0.05, 0) is 23.5 Å². The van der Waals surface area contributed by atoms with E-state index in [9.17, 15) is 12.8 Å². The van der Waals surface area contributed by atoms with Gasteiger partial charge in [-0.15, -0.1) is 0 Å². The van der Waals surface area contributed by atoms with E-state index in [4.69, 9.17) is 0 Å². The quantitative estimate of drug-likeness (QED) is 0.786. The molecule has 0 amide bonds. The molecule has 0 saturated carbocycles. The highest BCUT2D eigenvalue weighted by molar-refractivity contribution is 7.92. The molecule has 0 aromatic heterocycles. The molecule has 1 aliphatic rings. The molecule has 0 atom stereocenters. The van der Waals surface area contributed by atoms with Crippen molar-refractivity contribution in [2.24, 2.45) is 0 Å². The van der Waals surface area contributed by atoms with Gasteiger partial charge in [0.1, 0.15) is 5.82 Å². The normalized spacial score (nSPS) is 15.9. The molecule has 1 heterocycles. The Morgan fingerprint density at radius 3 is 2.39 bits per heavy atom. The molecule has 0 unspecified atom stereocenters. The van der Waals surface area contributed by atoms with Crippen LogP contribution in [0.15, 0.2) is 12.1 Å². The van der Waals surface area contributed by atoms with E-state index in [0.717, 1.165) is 5.56 Å². The Balaban J connectivity index is 2.73. The van der Waals surface area contributed by atoms with Crippen molar-refractivity contribution in [1.29, 1.82) is 0 Å². The molecule has 18 heavy (non-hydrogen) atoms. The summed E-state index contributed by atoms with van der Waals surface area (Å²) in [6.45, 7) is 6.33. The molecule has 0 radical (unpaired) electrons. The minimum absolute atomic E-state index is 0.217. The van der Waals surface area contributed by atoms with Crippen LogP contribution in [0, 0.1) is 5.82 Å². The predicted octanol–water partition coefficient (Wildman–Crippen LogP) is 2.45. The molecule has 1 aliphatic heterocycles. The lowest BCUT2D eigenvalue weighted by molar-refractivity contribution is 0.580. The third-order valence-electron chi connectivity index (χ3n) is 3.25. The largest absolute Gasteiger partial charge is 0.269 e. The molecule has 5 heteroatoms. The van der Waals surface area contributed by atoms with Gasteiger partial charge in [-0.25, -0.2) is 12.8 Å². The van der Waals surface area contributed by atoms with Gasteiger partial charge >= 0.3 is 0 Å². The van der Waals surface area contributed by atoms with Crippen molar-refractivity contribution in [3.8, 4) is 0 Å². The Labute approximate surface area is 108 Å². The maximum Gasteiger partial charge on any atom is 0.232 e. The number of hydrogen-bond donors (Lipinski definition) is 0. The summed E-state index contributed by atoms with van der Waals surface area (Å²) in [5, 5.41) is 0. The topological polar surface area (TPSA) is 37.4 Å². The first-order chi connectivity index (χ1) is 8.12. The van der Waals surface area contributed by atoms with Gasteiger partial charge in [0.05, 0.1) is 11.9 Å². The molecular formula is C13H18FNO2S. The molecule has 1 aromatic rings. The number of halogens is 1. The summed E-state index contributed by atoms with van der Waals surface area (Å²) in [4.78, 5) is 0. The molecule has 0 spiro atoms. The third kappa shape index (κ3) is 2.11. The standard InChI is InChI=1S/C13H18FNO2S/c1-13(2,3)10-5-6-11(14)9-7-8-15(12(9)10)18(4,16)17/h5-6H,7-8H2,1-4H3. The van der Waals surface area contributed by atoms with Crippen molar-refractivity contribution in [1.82, 2.24) is 0 Å². The van der Waals surface area contributed by atoms with E-state index >= 15 is 0 Å². The Morgan fingerprint density at radius 2 is 1.89 bits per heavy atom. The fraction of sp³-hybridized carbons (Fsp3) is 0.538. The molecule has 2 rings (SSSR count). The molecule has 0 bridgehead atoms. The first-order valence-corrected chi connectivity index (χ1v) is 7.77. The molecule has 0 fully saturated rings. The number of fused-ring (bicyclic) bond motifs is 1. The van der Waals surface area contributed by atoms with Gasteiger partial charge in [0.25, 0.3) is 0 Å². The van der Waals surface area contributed by atoms with Crippen LogP contribution in [-0.4, -0.2) is 21.2 Å². The Bertz CT molecular complexity index is 588. The van der Waals surface area contributed by atoms with Gasteiger partial charge in [0, 0.05) is 12.1 Å². The van der Waals surface area contributed by atoms with Crippen molar-refractivity contribution in [3.63, 3.8) is 0 Å². The highest BCUT2D eigenvalue weighted by Crippen LogP contribution is 2.40. The lowest BCUT2D eigenvalue weighted by atomic mass is 9.84. The lowest BCUT2D eigenvalue weighted by Gasteiger charge is -2.27. The average molecular weight is 271 g/mol. The zero-order chi connectivity index (χ0) is 13.7. The SMILES string of the molecule is CC(C)(C)c1ccc(F)c2c1N(S(C)(=O)=O)CC2. The van der Waals surface area contributed by atoms with E-state index in [2.05, 4.69) is 0 Å². The highest BCUT2D eigenvalue weighted by atomic mass is 32.2. The molecule has 100 valence electrons. The van der Waals surface area contributed by atoms with Gasteiger partial charge in [0.15, 0.2) is 0 Å². The van der Waals surface area contributed by atoms with E-state index in [0.29, 0.717) is 24.2 Å². The fourth-order valence-electron chi connectivity index (χ4n) is 2.40. The number of rotatable bonds is 1. The van der Waals surface area contributed by atoms with Crippen molar-refractivity contribution in [2.75, 3.05) is 17.1 Å². The van der Waals surface area contributed by atoms with E-state index in [1.165, 1.54) is 16.6 Å². The van der Waals surface area contributed by atoms with E-state index in [-0.39, 0.29) is 11.2 Å². The highest BCUT2D eigenvalue weighted by Gasteiger charge is 2.33. The predicted molar refractivity (Wildman–Crippen MR) is 71.0 cm³/mol. The van der Waals surface area contributed by atoms with Crippen molar-refractivity contribution >= 4 is 15.7 Å². The van der Waals surface area contributed by atoms with Crippen molar-refractivity contribution in [2.45, 2.75) is 32.6 Å². The van der Waals surface area contributed by atoms with Crippen LogP contribution in [-0.2, 0) is 21.9 Å². The van der Waals surface area contributed by atoms with Crippen LogP contribution >= 0.6 is 0 Å². The average Bonchev–Trinajstić information content (AvgIpc) is 2.60. The summed E-state index contributed by atoms with van der Waals surface area (Å²) in [5.74, 6) is -0.316. The van der Waals surface area contributed by atoms with Crippen LogP contribution < -0.4 is 4.31 Å². The number of nitrogens with zero attached hydrogens (tertiary/aromatic N) is 1. The second-order valence-corrected chi connectivity index (χ2v) is 7.66. The van der Waals surface area contributed by atoms with Gasteiger partial charge in [-0.1, -0.05) is 26.8 Å². The maximum atomic E-state index is 13.8. The molecule has 0 aliphatic carbocycles. The zero-order valence-corrected chi connectivity index (χ0v) is 11.9. The van der Waals surface area contributed by atoms with Crippen molar-refractivity contribution in [3.05, 3.63) is 29.1 Å². The van der Waals surface area contributed by atoms with E-state index in [1.54, 1.807) is 6.07 Å². The number of sulfonamides is 1. The van der Waals surface area contributed by atoms with Gasteiger partial charge in [0.2, 0.25) is 10.0 Å². The third-order valence-corrected chi connectivity index (χ3v) is 4.41. The smallest absolute Gasteiger partial charge is 0.232 e. The number of anilines is 1. The molecular weight excluding hydrogens is 253 g/mol. The second kappa shape index (κ2) is 3.95. The number of benzene rings is 1. The van der Waals surface area contributed by atoms with Crippen LogP contribution in [0.5, 0.6) is 0 Å². The maximum absolute atomic E-state index is 13.8. The van der Waals surface area contributed by atoms with E-state index in [1.807, 2.05) is 20.8 Å². The minimum atomic E-state index is -3.35. The molecule has 0 saturated heterocycles. The van der Waals surface area contributed by atoms with Crippen molar-refractivity contribution < 1.29 is 12.8 Å². The molecule has 1 aromatic carbocycles. The van der Waals surface area contributed by atoms with Crippen LogP contribution in [0.25, 0.3) is 0 Å². The lowest BCUT2D eigenvalue weighted by Crippen LogP contribution is -2.30. The number of hydrogen-bond acceptors (Lipinski definition) is 2. The molecule has 3 nitrogen and oxygen atoms in total. The summed E-state index contributed by atoms with van der Waals surface area (Å²) in [7, 11) is -3.35. The Kier molecular flexibility index (Phi) is 2.93. The van der Waals surface area contributed by atoms with E-state index < -0.39 is 10.0 Å². The zero-order valence-electron chi connectivity index (χ0n) is 11.1. The fourth-order valence-corrected chi connectivity index (χ4v) is 3.36. The van der Waals surface area contributed by atoms with Gasteiger partial charge in [-0.2, -0.15) is 0 Å². The summed E-state index contributed by atoms with van der Waals surface area (Å²) < 4.78 is 38.7. The summed E-state index contributed by atoms with van der Waals surface area (Å²) in [6.07, 6.45) is 1.61. The van der Waals surface area contributed by atoms with Crippen LogP contribution in [0.1, 0.15) is 31.9 Å². The van der Waals surface area contributed by atoms with Gasteiger partial charge < -0.3 is 0 Å². The Morgan fingerprint density at radius 1 is 1.28 bits per heavy atom. The first kappa shape index (κ1) is 13.3. The Hall–Kier alpha value is -1.10. The monoisotopic (exact) mass is 271 g/mol. The van der Waals surface area contributed by atoms with Crippen LogP contribution in [0.4, 0.5) is 10.1 Å². The summed E-state index contributed by atoms with van der Waals surface area (Å²) in [6, 6.07) is 3.13. The summed E-state index contributed by atoms with van der Waals surface area (Å²) in [5.41, 5.74) is 1.73. The summed E-state index contributed by atoms with van der Waals surface area (Å²) >= 11 is 0. The minimum Gasteiger partial charge on any atom is -0.269 e.